The molecule has 138 valence electrons. The van der Waals surface area contributed by atoms with Gasteiger partial charge < -0.3 is 0 Å². The van der Waals surface area contributed by atoms with E-state index in [1.54, 1.807) is 18.2 Å². The molecule has 1 aromatic heterocycles. The normalized spacial score (nSPS) is 15.9. The van der Waals surface area contributed by atoms with Gasteiger partial charge in [0.25, 0.3) is 0 Å². The van der Waals surface area contributed by atoms with E-state index in [1.807, 2.05) is 13.0 Å². The van der Waals surface area contributed by atoms with Crippen LogP contribution in [0.3, 0.4) is 0 Å². The van der Waals surface area contributed by atoms with Gasteiger partial charge in [-0.15, -0.1) is 0 Å². The van der Waals surface area contributed by atoms with Crippen molar-refractivity contribution >= 4 is 15.4 Å². The summed E-state index contributed by atoms with van der Waals surface area (Å²) < 4.78 is 25.8. The van der Waals surface area contributed by atoms with Crippen molar-refractivity contribution in [1.29, 1.82) is 0 Å². The highest BCUT2D eigenvalue weighted by molar-refractivity contribution is 7.90. The molecule has 0 N–H and O–H groups in total. The van der Waals surface area contributed by atoms with Crippen molar-refractivity contribution in [1.82, 2.24) is 9.78 Å². The third-order valence-electron chi connectivity index (χ3n) is 5.12. The zero-order valence-corrected chi connectivity index (χ0v) is 16.5. The Morgan fingerprint density at radius 2 is 1.89 bits per heavy atom. The molecule has 1 atom stereocenters. The second-order valence-corrected chi connectivity index (χ2v) is 9.40. The lowest BCUT2D eigenvalue weighted by molar-refractivity contribution is 0.533. The molecule has 0 saturated carbocycles. The fourth-order valence-corrected chi connectivity index (χ4v) is 4.30. The summed E-state index contributed by atoms with van der Waals surface area (Å²) in [7, 11) is -3.23. The Kier molecular flexibility index (Phi) is 4.07. The molecule has 4 nitrogen and oxygen atoms in total. The topological polar surface area (TPSA) is 52.0 Å². The van der Waals surface area contributed by atoms with E-state index in [-0.39, 0.29) is 0 Å². The summed E-state index contributed by atoms with van der Waals surface area (Å²) in [5.74, 6) is 0.323. The van der Waals surface area contributed by atoms with Gasteiger partial charge in [-0.05, 0) is 47.4 Å². The van der Waals surface area contributed by atoms with Gasteiger partial charge in [0.2, 0.25) is 0 Å². The van der Waals surface area contributed by atoms with E-state index in [0.717, 1.165) is 34.6 Å². The molecule has 5 heteroatoms. The molecule has 3 aromatic rings. The molecule has 0 aliphatic carbocycles. The summed E-state index contributed by atoms with van der Waals surface area (Å²) in [4.78, 5) is 0.343. The van der Waals surface area contributed by atoms with Crippen LogP contribution >= 0.6 is 0 Å². The highest BCUT2D eigenvalue weighted by Crippen LogP contribution is 2.39. The first-order valence-electron chi connectivity index (χ1n) is 8.92. The predicted octanol–water partition coefficient (Wildman–Crippen LogP) is 4.77. The molecule has 0 bridgehead atoms. The third kappa shape index (κ3) is 3.12. The Balaban J connectivity index is 1.83. The first-order chi connectivity index (χ1) is 12.7. The monoisotopic (exact) mass is 378 g/mol. The average molecular weight is 378 g/mol. The standard InChI is InChI=1S/C22H22N2O2S/c1-14(2)21-12-22-19-9-8-17(11-20(19)15(3)13-24(22)23-21)16-6-5-7-18(10-16)27(4,25)26/h5-12,15H,1,13H2,2-4H3. The summed E-state index contributed by atoms with van der Waals surface area (Å²) in [5.41, 5.74) is 7.37. The predicted molar refractivity (Wildman–Crippen MR) is 109 cm³/mol. The minimum Gasteiger partial charge on any atom is -0.264 e. The van der Waals surface area contributed by atoms with Crippen molar-refractivity contribution in [3.8, 4) is 22.4 Å². The maximum absolute atomic E-state index is 11.9. The Hall–Kier alpha value is -2.66. The van der Waals surface area contributed by atoms with E-state index >= 15 is 0 Å². The number of hydrogen-bond acceptors (Lipinski definition) is 3. The molecule has 0 fully saturated rings. The first-order valence-corrected chi connectivity index (χ1v) is 10.8. The fraction of sp³-hybridized carbons (Fsp3) is 0.227. The van der Waals surface area contributed by atoms with E-state index in [1.165, 1.54) is 17.4 Å². The quantitative estimate of drug-likeness (QED) is 0.660. The smallest absolute Gasteiger partial charge is 0.175 e. The van der Waals surface area contributed by atoms with Crippen LogP contribution in [0.15, 0.2) is 60.0 Å². The number of fused-ring (bicyclic) bond motifs is 3. The second kappa shape index (κ2) is 6.20. The molecular formula is C22H22N2O2S. The first kappa shape index (κ1) is 17.7. The Morgan fingerprint density at radius 3 is 2.59 bits per heavy atom. The van der Waals surface area contributed by atoms with Gasteiger partial charge >= 0.3 is 0 Å². The molecule has 4 rings (SSSR count). The van der Waals surface area contributed by atoms with Gasteiger partial charge in [-0.2, -0.15) is 5.10 Å². The Labute approximate surface area is 160 Å². The molecule has 1 aliphatic heterocycles. The number of sulfone groups is 1. The van der Waals surface area contributed by atoms with Crippen molar-refractivity contribution in [2.24, 2.45) is 0 Å². The summed E-state index contributed by atoms with van der Waals surface area (Å²) in [5, 5.41) is 4.67. The minimum atomic E-state index is -3.23. The summed E-state index contributed by atoms with van der Waals surface area (Å²) >= 11 is 0. The van der Waals surface area contributed by atoms with Gasteiger partial charge in [0.1, 0.15) is 0 Å². The zero-order valence-electron chi connectivity index (χ0n) is 15.7. The van der Waals surface area contributed by atoms with Crippen molar-refractivity contribution < 1.29 is 8.42 Å². The van der Waals surface area contributed by atoms with Crippen molar-refractivity contribution in [3.05, 3.63) is 66.4 Å². The highest BCUT2D eigenvalue weighted by Gasteiger charge is 2.24. The van der Waals surface area contributed by atoms with E-state index in [2.05, 4.69) is 47.5 Å². The summed E-state index contributed by atoms with van der Waals surface area (Å²) in [6.45, 7) is 8.99. The number of hydrogen-bond donors (Lipinski definition) is 0. The van der Waals surface area contributed by atoms with Crippen molar-refractivity contribution in [2.75, 3.05) is 6.26 Å². The summed E-state index contributed by atoms with van der Waals surface area (Å²) in [6, 6.07) is 15.6. The lowest BCUT2D eigenvalue weighted by Crippen LogP contribution is -2.15. The van der Waals surface area contributed by atoms with Crippen LogP contribution in [0.1, 0.15) is 31.0 Å². The maximum atomic E-state index is 11.9. The fourth-order valence-electron chi connectivity index (χ4n) is 3.63. The Bertz CT molecular complexity index is 1170. The average Bonchev–Trinajstić information content (AvgIpc) is 3.05. The third-order valence-corrected chi connectivity index (χ3v) is 6.23. The van der Waals surface area contributed by atoms with Gasteiger partial charge in [-0.1, -0.05) is 43.8 Å². The molecule has 1 unspecified atom stereocenters. The SMILES string of the molecule is C=C(C)c1cc2n(n1)CC(C)c1cc(-c3cccc(S(C)(=O)=O)c3)ccc1-2. The molecule has 2 aromatic carbocycles. The molecule has 0 amide bonds. The lowest BCUT2D eigenvalue weighted by atomic mass is 9.88. The Morgan fingerprint density at radius 1 is 1.15 bits per heavy atom. The number of nitrogens with zero attached hydrogens (tertiary/aromatic N) is 2. The van der Waals surface area contributed by atoms with E-state index in [0.29, 0.717) is 10.8 Å². The number of allylic oxidation sites excluding steroid dienone is 1. The number of benzene rings is 2. The van der Waals surface area contributed by atoms with Gasteiger partial charge in [-0.25, -0.2) is 8.42 Å². The van der Waals surface area contributed by atoms with Crippen LogP contribution < -0.4 is 0 Å². The molecule has 27 heavy (non-hydrogen) atoms. The van der Waals surface area contributed by atoms with Crippen LogP contribution in [0.25, 0.3) is 28.0 Å². The van der Waals surface area contributed by atoms with Crippen LogP contribution in [-0.2, 0) is 16.4 Å². The molecular weight excluding hydrogens is 356 g/mol. The van der Waals surface area contributed by atoms with E-state index in [9.17, 15) is 8.42 Å². The zero-order chi connectivity index (χ0) is 19.3. The van der Waals surface area contributed by atoms with Gasteiger partial charge in [0.15, 0.2) is 9.84 Å². The van der Waals surface area contributed by atoms with Gasteiger partial charge in [0, 0.05) is 24.3 Å². The van der Waals surface area contributed by atoms with Crippen molar-refractivity contribution in [2.45, 2.75) is 31.2 Å². The van der Waals surface area contributed by atoms with Crippen LogP contribution in [-0.4, -0.2) is 24.5 Å². The van der Waals surface area contributed by atoms with Crippen molar-refractivity contribution in [3.63, 3.8) is 0 Å². The molecule has 0 radical (unpaired) electrons. The van der Waals surface area contributed by atoms with Gasteiger partial charge in [-0.3, -0.25) is 4.68 Å². The molecule has 2 heterocycles. The van der Waals surface area contributed by atoms with E-state index in [4.69, 9.17) is 0 Å². The largest absolute Gasteiger partial charge is 0.264 e. The number of rotatable bonds is 3. The van der Waals surface area contributed by atoms with Crippen LogP contribution in [0.5, 0.6) is 0 Å². The lowest BCUT2D eigenvalue weighted by Gasteiger charge is -2.24. The van der Waals surface area contributed by atoms with Crippen LogP contribution in [0.4, 0.5) is 0 Å². The van der Waals surface area contributed by atoms with Crippen LogP contribution in [0.2, 0.25) is 0 Å². The minimum absolute atomic E-state index is 0.323. The molecule has 0 saturated heterocycles. The highest BCUT2D eigenvalue weighted by atomic mass is 32.2. The maximum Gasteiger partial charge on any atom is 0.175 e. The van der Waals surface area contributed by atoms with Gasteiger partial charge in [0.05, 0.1) is 16.3 Å². The number of aromatic nitrogens is 2. The van der Waals surface area contributed by atoms with E-state index < -0.39 is 9.84 Å². The molecule has 1 aliphatic rings. The second-order valence-electron chi connectivity index (χ2n) is 7.38. The van der Waals surface area contributed by atoms with Crippen LogP contribution in [0, 0.1) is 0 Å². The summed E-state index contributed by atoms with van der Waals surface area (Å²) in [6.07, 6.45) is 1.24. The molecule has 0 spiro atoms.